The molecule has 0 bridgehead atoms. The van der Waals surface area contributed by atoms with Crippen LogP contribution >= 0.6 is 11.6 Å². The Balaban J connectivity index is 1.81. The van der Waals surface area contributed by atoms with Gasteiger partial charge >= 0.3 is 0 Å². The summed E-state index contributed by atoms with van der Waals surface area (Å²) < 4.78 is 6.36. The van der Waals surface area contributed by atoms with Crippen molar-refractivity contribution >= 4 is 17.5 Å². The first kappa shape index (κ1) is 17.6. The van der Waals surface area contributed by atoms with E-state index in [1.807, 2.05) is 36.2 Å². The smallest absolute Gasteiger partial charge is 0.219 e. The number of ether oxygens (including phenoxy) is 1. The second kappa shape index (κ2) is 7.75. The Bertz CT molecular complexity index is 557. The molecule has 1 unspecified atom stereocenters. The summed E-state index contributed by atoms with van der Waals surface area (Å²) in [5.41, 5.74) is 0. The molecule has 1 aromatic rings. The highest BCUT2D eigenvalue weighted by Crippen LogP contribution is 2.32. The first-order valence-electron chi connectivity index (χ1n) is 8.96. The number of carbonyl (C=O) groups is 1. The minimum Gasteiger partial charge on any atom is -0.489 e. The van der Waals surface area contributed by atoms with Gasteiger partial charge in [-0.3, -0.25) is 9.69 Å². The molecule has 0 aromatic heterocycles. The van der Waals surface area contributed by atoms with Gasteiger partial charge in [-0.15, -0.1) is 0 Å². The summed E-state index contributed by atoms with van der Waals surface area (Å²) in [4.78, 5) is 16.4. The van der Waals surface area contributed by atoms with Crippen molar-refractivity contribution in [1.29, 1.82) is 0 Å². The van der Waals surface area contributed by atoms with Crippen molar-refractivity contribution in [2.45, 2.75) is 57.2 Å². The van der Waals surface area contributed by atoms with Crippen molar-refractivity contribution in [2.24, 2.45) is 0 Å². The topological polar surface area (TPSA) is 32.8 Å². The molecule has 3 atom stereocenters. The molecule has 1 heterocycles. The number of likely N-dealkylation sites (N-methyl/N-ethyl adjacent to an activating group) is 1. The largest absolute Gasteiger partial charge is 0.489 e. The number of halogens is 1. The molecule has 2 aliphatic rings. The molecule has 0 N–H and O–H groups in total. The SMILES string of the molecule is CC(=O)N(C)[C@@H]1CCCC(Oc2ccc(Cl)cc2)[C@H]1N1CCCC1. The lowest BCUT2D eigenvalue weighted by Crippen LogP contribution is -2.59. The van der Waals surface area contributed by atoms with Crippen LogP contribution in [0.25, 0.3) is 0 Å². The summed E-state index contributed by atoms with van der Waals surface area (Å²) in [6.45, 7) is 3.87. The lowest BCUT2D eigenvalue weighted by Gasteiger charge is -2.46. The van der Waals surface area contributed by atoms with Crippen molar-refractivity contribution in [2.75, 3.05) is 20.1 Å². The quantitative estimate of drug-likeness (QED) is 0.832. The summed E-state index contributed by atoms with van der Waals surface area (Å²) in [6.07, 6.45) is 5.76. The van der Waals surface area contributed by atoms with Gasteiger partial charge in [0.25, 0.3) is 0 Å². The third kappa shape index (κ3) is 3.86. The van der Waals surface area contributed by atoms with Gasteiger partial charge in [-0.05, 0) is 69.5 Å². The first-order valence-corrected chi connectivity index (χ1v) is 9.34. The van der Waals surface area contributed by atoms with Crippen LogP contribution in [0.1, 0.15) is 39.0 Å². The van der Waals surface area contributed by atoms with E-state index in [9.17, 15) is 4.79 Å². The van der Waals surface area contributed by atoms with Gasteiger partial charge in [0.1, 0.15) is 11.9 Å². The molecule has 3 rings (SSSR count). The minimum absolute atomic E-state index is 0.116. The predicted molar refractivity (Wildman–Crippen MR) is 96.5 cm³/mol. The maximum atomic E-state index is 12.0. The first-order chi connectivity index (χ1) is 11.6. The zero-order valence-electron chi connectivity index (χ0n) is 14.6. The van der Waals surface area contributed by atoms with Gasteiger partial charge in [0.15, 0.2) is 0 Å². The monoisotopic (exact) mass is 350 g/mol. The Morgan fingerprint density at radius 3 is 2.46 bits per heavy atom. The fraction of sp³-hybridized carbons (Fsp3) is 0.632. The van der Waals surface area contributed by atoms with E-state index in [1.54, 1.807) is 6.92 Å². The number of rotatable bonds is 4. The molecular weight excluding hydrogens is 324 g/mol. The van der Waals surface area contributed by atoms with Crippen LogP contribution in [0.2, 0.25) is 5.02 Å². The molecule has 1 amide bonds. The molecule has 0 spiro atoms. The van der Waals surface area contributed by atoms with E-state index in [0.717, 1.165) is 43.1 Å². The highest BCUT2D eigenvalue weighted by atomic mass is 35.5. The van der Waals surface area contributed by atoms with E-state index in [1.165, 1.54) is 12.8 Å². The number of nitrogens with zero attached hydrogens (tertiary/aromatic N) is 2. The Morgan fingerprint density at radius 2 is 1.83 bits per heavy atom. The summed E-state index contributed by atoms with van der Waals surface area (Å²) in [7, 11) is 1.93. The van der Waals surface area contributed by atoms with Crippen LogP contribution in [0.3, 0.4) is 0 Å². The van der Waals surface area contributed by atoms with Gasteiger partial charge in [0.2, 0.25) is 5.91 Å². The van der Waals surface area contributed by atoms with E-state index in [-0.39, 0.29) is 24.1 Å². The number of amides is 1. The van der Waals surface area contributed by atoms with Gasteiger partial charge in [-0.25, -0.2) is 0 Å². The second-order valence-corrected chi connectivity index (χ2v) is 7.41. The van der Waals surface area contributed by atoms with Crippen LogP contribution in [0.15, 0.2) is 24.3 Å². The summed E-state index contributed by atoms with van der Waals surface area (Å²) >= 11 is 5.98. The Hall–Kier alpha value is -1.26. The van der Waals surface area contributed by atoms with Crippen LogP contribution in [-0.2, 0) is 4.79 Å². The van der Waals surface area contributed by atoms with E-state index in [2.05, 4.69) is 4.90 Å². The molecule has 1 saturated heterocycles. The lowest BCUT2D eigenvalue weighted by molar-refractivity contribution is -0.133. The Labute approximate surface area is 149 Å². The molecule has 2 fully saturated rings. The van der Waals surface area contributed by atoms with Crippen molar-refractivity contribution in [3.8, 4) is 5.75 Å². The normalized spacial score (nSPS) is 27.9. The Morgan fingerprint density at radius 1 is 1.17 bits per heavy atom. The van der Waals surface area contributed by atoms with Crippen molar-refractivity contribution in [1.82, 2.24) is 9.80 Å². The highest BCUT2D eigenvalue weighted by Gasteiger charge is 2.42. The van der Waals surface area contributed by atoms with Gasteiger partial charge in [0.05, 0.1) is 12.1 Å². The van der Waals surface area contributed by atoms with Crippen molar-refractivity contribution in [3.63, 3.8) is 0 Å². The molecule has 1 saturated carbocycles. The summed E-state index contributed by atoms with van der Waals surface area (Å²) in [6, 6.07) is 8.09. The molecule has 1 aromatic carbocycles. The zero-order chi connectivity index (χ0) is 17.1. The maximum absolute atomic E-state index is 12.0. The minimum atomic E-state index is 0.116. The second-order valence-electron chi connectivity index (χ2n) is 6.97. The van der Waals surface area contributed by atoms with Gasteiger partial charge in [0, 0.05) is 19.0 Å². The lowest BCUT2D eigenvalue weighted by atomic mass is 9.85. The van der Waals surface area contributed by atoms with Crippen LogP contribution in [0.5, 0.6) is 5.75 Å². The van der Waals surface area contributed by atoms with E-state index < -0.39 is 0 Å². The summed E-state index contributed by atoms with van der Waals surface area (Å²) in [5, 5.41) is 0.719. The van der Waals surface area contributed by atoms with Gasteiger partial charge in [-0.2, -0.15) is 0 Å². The number of benzene rings is 1. The van der Waals surface area contributed by atoms with Crippen LogP contribution in [-0.4, -0.2) is 54.0 Å². The number of carbonyl (C=O) groups excluding carboxylic acids is 1. The molecule has 5 heteroatoms. The average molecular weight is 351 g/mol. The van der Waals surface area contributed by atoms with Crippen LogP contribution < -0.4 is 4.74 Å². The average Bonchev–Trinajstić information content (AvgIpc) is 3.10. The number of hydrogen-bond donors (Lipinski definition) is 0. The van der Waals surface area contributed by atoms with E-state index >= 15 is 0 Å². The third-order valence-electron chi connectivity index (χ3n) is 5.42. The highest BCUT2D eigenvalue weighted by molar-refractivity contribution is 6.30. The number of likely N-dealkylation sites (tertiary alicyclic amines) is 1. The summed E-state index contributed by atoms with van der Waals surface area (Å²) in [5.74, 6) is 0.996. The van der Waals surface area contributed by atoms with Gasteiger partial charge < -0.3 is 9.64 Å². The maximum Gasteiger partial charge on any atom is 0.219 e. The van der Waals surface area contributed by atoms with Crippen molar-refractivity contribution < 1.29 is 9.53 Å². The van der Waals surface area contributed by atoms with E-state index in [0.29, 0.717) is 0 Å². The van der Waals surface area contributed by atoms with Crippen LogP contribution in [0, 0.1) is 0 Å². The Kier molecular flexibility index (Phi) is 5.67. The van der Waals surface area contributed by atoms with E-state index in [4.69, 9.17) is 16.3 Å². The standard InChI is InChI=1S/C19H27ClN2O2/c1-14(23)21(2)17-6-5-7-18(19(17)22-12-3-4-13-22)24-16-10-8-15(20)9-11-16/h8-11,17-19H,3-7,12-13H2,1-2H3/t17-,18?,19+/m1/s1. The fourth-order valence-corrected chi connectivity index (χ4v) is 4.23. The van der Waals surface area contributed by atoms with Crippen LogP contribution in [0.4, 0.5) is 0 Å². The predicted octanol–water partition coefficient (Wildman–Crippen LogP) is 3.58. The molecule has 132 valence electrons. The van der Waals surface area contributed by atoms with Crippen molar-refractivity contribution in [3.05, 3.63) is 29.3 Å². The molecular formula is C19H27ClN2O2. The molecule has 1 aliphatic carbocycles. The van der Waals surface area contributed by atoms with Gasteiger partial charge in [-0.1, -0.05) is 11.6 Å². The fourth-order valence-electron chi connectivity index (χ4n) is 4.11. The molecule has 4 nitrogen and oxygen atoms in total. The molecule has 24 heavy (non-hydrogen) atoms. The molecule has 0 radical (unpaired) electrons. The number of hydrogen-bond acceptors (Lipinski definition) is 3. The third-order valence-corrected chi connectivity index (χ3v) is 5.67. The zero-order valence-corrected chi connectivity index (χ0v) is 15.3. The molecule has 1 aliphatic heterocycles.